The Morgan fingerprint density at radius 1 is 1.40 bits per heavy atom. The van der Waals surface area contributed by atoms with Crippen LogP contribution in [0.25, 0.3) is 0 Å². The monoisotopic (exact) mass is 206 g/mol. The lowest BCUT2D eigenvalue weighted by Crippen LogP contribution is -2.27. The Morgan fingerprint density at radius 3 is 2.73 bits per heavy atom. The Bertz CT molecular complexity index is 305. The van der Waals surface area contributed by atoms with Crippen LogP contribution in [0.3, 0.4) is 0 Å². The van der Waals surface area contributed by atoms with Crippen LogP contribution >= 0.6 is 0 Å². The molecular formula is C11H18N4. The van der Waals surface area contributed by atoms with Crippen molar-refractivity contribution in [2.45, 2.75) is 26.2 Å². The highest BCUT2D eigenvalue weighted by atomic mass is 15.3. The van der Waals surface area contributed by atoms with Crippen molar-refractivity contribution in [3.05, 3.63) is 12.1 Å². The summed E-state index contributed by atoms with van der Waals surface area (Å²) >= 11 is 0. The smallest absolute Gasteiger partial charge is 0.151 e. The lowest BCUT2D eigenvalue weighted by atomic mass is 10.3. The molecule has 2 rings (SSSR count). The Morgan fingerprint density at radius 2 is 2.20 bits per heavy atom. The van der Waals surface area contributed by atoms with E-state index in [1.807, 2.05) is 12.1 Å². The van der Waals surface area contributed by atoms with Crippen molar-refractivity contribution in [1.29, 1.82) is 0 Å². The van der Waals surface area contributed by atoms with Gasteiger partial charge in [0, 0.05) is 13.1 Å². The van der Waals surface area contributed by atoms with Gasteiger partial charge in [0.25, 0.3) is 0 Å². The van der Waals surface area contributed by atoms with Crippen LogP contribution in [0.4, 0.5) is 11.6 Å². The fourth-order valence-corrected chi connectivity index (χ4v) is 1.69. The number of hydrogen-bond acceptors (Lipinski definition) is 4. The highest BCUT2D eigenvalue weighted by molar-refractivity contribution is 5.41. The molecule has 4 nitrogen and oxygen atoms in total. The summed E-state index contributed by atoms with van der Waals surface area (Å²) in [6.07, 6.45) is 3.87. The zero-order valence-corrected chi connectivity index (χ0v) is 9.19. The quantitative estimate of drug-likeness (QED) is 0.796. The second-order valence-corrected chi connectivity index (χ2v) is 4.21. The molecule has 1 saturated carbocycles. The van der Waals surface area contributed by atoms with Crippen molar-refractivity contribution < 1.29 is 0 Å². The highest BCUT2D eigenvalue weighted by Crippen LogP contribution is 2.30. The van der Waals surface area contributed by atoms with Gasteiger partial charge in [-0.15, -0.1) is 10.2 Å². The average molecular weight is 206 g/mol. The molecule has 1 aliphatic rings. The van der Waals surface area contributed by atoms with Crippen LogP contribution in [0.5, 0.6) is 0 Å². The second-order valence-electron chi connectivity index (χ2n) is 4.21. The first kappa shape index (κ1) is 10.2. The summed E-state index contributed by atoms with van der Waals surface area (Å²) in [7, 11) is 0. The van der Waals surface area contributed by atoms with E-state index in [4.69, 9.17) is 5.73 Å². The first-order valence-electron chi connectivity index (χ1n) is 5.63. The first-order valence-corrected chi connectivity index (χ1v) is 5.63. The van der Waals surface area contributed by atoms with Gasteiger partial charge >= 0.3 is 0 Å². The standard InChI is InChI=1S/C11H18N4/c1-2-7-15(8-9-3-4-9)11-6-5-10(12)13-14-11/h5-6,9H,2-4,7-8H2,1H3,(H2,12,13). The van der Waals surface area contributed by atoms with E-state index in [2.05, 4.69) is 22.0 Å². The number of rotatable bonds is 5. The SMILES string of the molecule is CCCN(CC1CC1)c1ccc(N)nn1. The molecule has 1 aromatic rings. The van der Waals surface area contributed by atoms with Gasteiger partial charge in [0.2, 0.25) is 0 Å². The fraction of sp³-hybridized carbons (Fsp3) is 0.636. The molecule has 82 valence electrons. The largest absolute Gasteiger partial charge is 0.382 e. The van der Waals surface area contributed by atoms with Gasteiger partial charge in [0.15, 0.2) is 5.82 Å². The lowest BCUT2D eigenvalue weighted by molar-refractivity contribution is 0.693. The number of hydrogen-bond donors (Lipinski definition) is 1. The second kappa shape index (κ2) is 4.47. The van der Waals surface area contributed by atoms with E-state index in [0.717, 1.165) is 31.2 Å². The third-order valence-corrected chi connectivity index (χ3v) is 2.66. The van der Waals surface area contributed by atoms with Crippen LogP contribution in [0.15, 0.2) is 12.1 Å². The van der Waals surface area contributed by atoms with E-state index in [1.54, 1.807) is 0 Å². The van der Waals surface area contributed by atoms with Crippen molar-refractivity contribution >= 4 is 11.6 Å². The molecule has 4 heteroatoms. The van der Waals surface area contributed by atoms with E-state index in [0.29, 0.717) is 5.82 Å². The summed E-state index contributed by atoms with van der Waals surface area (Å²) in [5, 5.41) is 8.03. The minimum atomic E-state index is 0.488. The Labute approximate surface area is 90.5 Å². The van der Waals surface area contributed by atoms with E-state index < -0.39 is 0 Å². The van der Waals surface area contributed by atoms with Crippen molar-refractivity contribution in [3.8, 4) is 0 Å². The predicted molar refractivity (Wildman–Crippen MR) is 61.7 cm³/mol. The molecule has 0 spiro atoms. The maximum Gasteiger partial charge on any atom is 0.151 e. The number of nitrogen functional groups attached to an aromatic ring is 1. The van der Waals surface area contributed by atoms with Crippen LogP contribution in [-0.2, 0) is 0 Å². The van der Waals surface area contributed by atoms with E-state index in [-0.39, 0.29) is 0 Å². The van der Waals surface area contributed by atoms with Crippen molar-refractivity contribution in [2.75, 3.05) is 23.7 Å². The summed E-state index contributed by atoms with van der Waals surface area (Å²) in [5.74, 6) is 2.32. The van der Waals surface area contributed by atoms with Crippen molar-refractivity contribution in [3.63, 3.8) is 0 Å². The summed E-state index contributed by atoms with van der Waals surface area (Å²) in [6, 6.07) is 3.78. The van der Waals surface area contributed by atoms with Crippen molar-refractivity contribution in [1.82, 2.24) is 10.2 Å². The van der Waals surface area contributed by atoms with E-state index >= 15 is 0 Å². The molecule has 1 heterocycles. The van der Waals surface area contributed by atoms with Crippen LogP contribution in [0.1, 0.15) is 26.2 Å². The minimum Gasteiger partial charge on any atom is -0.382 e. The average Bonchev–Trinajstić information content (AvgIpc) is 3.02. The van der Waals surface area contributed by atoms with Gasteiger partial charge in [0.1, 0.15) is 5.82 Å². The van der Waals surface area contributed by atoms with Crippen LogP contribution in [0.2, 0.25) is 0 Å². The van der Waals surface area contributed by atoms with Crippen LogP contribution < -0.4 is 10.6 Å². The van der Waals surface area contributed by atoms with Gasteiger partial charge in [-0.1, -0.05) is 6.92 Å². The number of nitrogens with zero attached hydrogens (tertiary/aromatic N) is 3. The molecule has 1 aromatic heterocycles. The van der Waals surface area contributed by atoms with E-state index in [1.165, 1.54) is 12.8 Å². The minimum absolute atomic E-state index is 0.488. The molecule has 15 heavy (non-hydrogen) atoms. The number of nitrogens with two attached hydrogens (primary N) is 1. The number of aromatic nitrogens is 2. The van der Waals surface area contributed by atoms with Gasteiger partial charge < -0.3 is 10.6 Å². The molecular weight excluding hydrogens is 188 g/mol. The molecule has 0 radical (unpaired) electrons. The summed E-state index contributed by atoms with van der Waals surface area (Å²) in [4.78, 5) is 2.31. The predicted octanol–water partition coefficient (Wildman–Crippen LogP) is 1.69. The van der Waals surface area contributed by atoms with Gasteiger partial charge in [-0.05, 0) is 37.3 Å². The first-order chi connectivity index (χ1) is 7.29. The third-order valence-electron chi connectivity index (χ3n) is 2.66. The molecule has 0 saturated heterocycles. The normalized spacial score (nSPS) is 15.3. The number of anilines is 2. The third kappa shape index (κ3) is 2.81. The molecule has 0 bridgehead atoms. The molecule has 0 atom stereocenters. The Balaban J connectivity index is 2.04. The Hall–Kier alpha value is -1.32. The molecule has 1 aliphatic carbocycles. The molecule has 1 fully saturated rings. The van der Waals surface area contributed by atoms with Gasteiger partial charge in [-0.3, -0.25) is 0 Å². The van der Waals surface area contributed by atoms with Crippen LogP contribution in [0, 0.1) is 5.92 Å². The van der Waals surface area contributed by atoms with Crippen LogP contribution in [-0.4, -0.2) is 23.3 Å². The maximum atomic E-state index is 5.52. The topological polar surface area (TPSA) is 55.0 Å². The molecule has 0 unspecified atom stereocenters. The van der Waals surface area contributed by atoms with Crippen molar-refractivity contribution in [2.24, 2.45) is 5.92 Å². The Kier molecular flexibility index (Phi) is 3.04. The van der Waals surface area contributed by atoms with E-state index in [9.17, 15) is 0 Å². The highest BCUT2D eigenvalue weighted by Gasteiger charge is 2.24. The lowest BCUT2D eigenvalue weighted by Gasteiger charge is -2.22. The fourth-order valence-electron chi connectivity index (χ4n) is 1.69. The maximum absolute atomic E-state index is 5.52. The zero-order chi connectivity index (χ0) is 10.7. The summed E-state index contributed by atoms with van der Waals surface area (Å²) in [6.45, 7) is 4.35. The van der Waals surface area contributed by atoms with Gasteiger partial charge in [0.05, 0.1) is 0 Å². The summed E-state index contributed by atoms with van der Waals surface area (Å²) in [5.41, 5.74) is 5.52. The molecule has 0 aliphatic heterocycles. The molecule has 0 aromatic carbocycles. The van der Waals surface area contributed by atoms with Gasteiger partial charge in [-0.25, -0.2) is 0 Å². The molecule has 2 N–H and O–H groups in total. The summed E-state index contributed by atoms with van der Waals surface area (Å²) < 4.78 is 0. The van der Waals surface area contributed by atoms with Gasteiger partial charge in [-0.2, -0.15) is 0 Å². The molecule has 0 amide bonds. The zero-order valence-electron chi connectivity index (χ0n) is 9.19.